The number of nitro groups is 1. The van der Waals surface area contributed by atoms with E-state index in [0.29, 0.717) is 0 Å². The number of nitrogens with zero attached hydrogens (tertiary/aromatic N) is 3. The van der Waals surface area contributed by atoms with Gasteiger partial charge in [0.25, 0.3) is 0 Å². The summed E-state index contributed by atoms with van der Waals surface area (Å²) in [7, 11) is 0. The van der Waals surface area contributed by atoms with Gasteiger partial charge in [0.1, 0.15) is 6.20 Å². The van der Waals surface area contributed by atoms with Crippen molar-refractivity contribution < 1.29 is 4.92 Å². The predicted molar refractivity (Wildman–Crippen MR) is 85.5 cm³/mol. The topological polar surface area (TPSA) is 61.0 Å². The van der Waals surface area contributed by atoms with Crippen molar-refractivity contribution in [2.24, 2.45) is 0 Å². The molecule has 1 aromatic heterocycles. The van der Waals surface area contributed by atoms with Crippen LogP contribution in [-0.2, 0) is 6.54 Å². The van der Waals surface area contributed by atoms with Crippen LogP contribution >= 0.6 is 0 Å². The highest BCUT2D eigenvalue weighted by Gasteiger charge is 2.14. The zero-order valence-corrected chi connectivity index (χ0v) is 13.5. The van der Waals surface area contributed by atoms with E-state index in [0.717, 1.165) is 18.8 Å². The third-order valence-electron chi connectivity index (χ3n) is 3.90. The summed E-state index contributed by atoms with van der Waals surface area (Å²) >= 11 is 0. The zero-order valence-electron chi connectivity index (χ0n) is 13.5. The molecule has 0 aliphatic carbocycles. The van der Waals surface area contributed by atoms with Crippen LogP contribution in [0.1, 0.15) is 77.0 Å². The lowest BCUT2D eigenvalue weighted by Gasteiger charge is -2.03. The lowest BCUT2D eigenvalue weighted by Crippen LogP contribution is -1.99. The van der Waals surface area contributed by atoms with Crippen LogP contribution < -0.4 is 0 Å². The van der Waals surface area contributed by atoms with E-state index in [-0.39, 0.29) is 5.82 Å². The molecule has 5 nitrogen and oxygen atoms in total. The Morgan fingerprint density at radius 2 is 1.57 bits per heavy atom. The molecule has 21 heavy (non-hydrogen) atoms. The standard InChI is InChI=1S/C16H29N3O2/c1-3-4-5-6-7-8-9-10-11-12-13-18-14-16(19(20)21)17-15(18)2/h14H,3-13H2,1-2H3. The van der Waals surface area contributed by atoms with Gasteiger partial charge in [0, 0.05) is 13.5 Å². The quantitative estimate of drug-likeness (QED) is 0.309. The second kappa shape index (κ2) is 10.4. The van der Waals surface area contributed by atoms with E-state index in [1.54, 1.807) is 6.20 Å². The molecule has 0 saturated carbocycles. The Hall–Kier alpha value is -1.39. The number of aromatic nitrogens is 2. The first kappa shape index (κ1) is 17.7. The minimum absolute atomic E-state index is 0.0421. The average molecular weight is 295 g/mol. The summed E-state index contributed by atoms with van der Waals surface area (Å²) in [6, 6.07) is 0. The summed E-state index contributed by atoms with van der Waals surface area (Å²) < 4.78 is 1.89. The maximum Gasteiger partial charge on any atom is 0.381 e. The SMILES string of the molecule is CCCCCCCCCCCCn1cc([N+](=O)[O-])nc1C. The first-order valence-corrected chi connectivity index (χ1v) is 8.33. The third kappa shape index (κ3) is 7.25. The predicted octanol–water partition coefficient (Wildman–Crippen LogP) is 5.02. The fourth-order valence-corrected chi connectivity index (χ4v) is 2.58. The highest BCUT2D eigenvalue weighted by molar-refractivity contribution is 5.16. The summed E-state index contributed by atoms with van der Waals surface area (Å²) in [4.78, 5) is 14.1. The van der Waals surface area contributed by atoms with Gasteiger partial charge in [-0.05, 0) is 16.3 Å². The molecule has 120 valence electrons. The number of unbranched alkanes of at least 4 members (excludes halogenated alkanes) is 9. The van der Waals surface area contributed by atoms with Crippen molar-refractivity contribution in [3.05, 3.63) is 22.1 Å². The Morgan fingerprint density at radius 1 is 1.05 bits per heavy atom. The molecule has 0 amide bonds. The van der Waals surface area contributed by atoms with Gasteiger partial charge in [0.15, 0.2) is 0 Å². The molecule has 5 heteroatoms. The molecule has 0 bridgehead atoms. The minimum atomic E-state index is -0.429. The van der Waals surface area contributed by atoms with E-state index in [2.05, 4.69) is 11.9 Å². The number of hydrogen-bond acceptors (Lipinski definition) is 3. The molecule has 0 spiro atoms. The Kier molecular flexibility index (Phi) is 8.71. The number of hydrogen-bond donors (Lipinski definition) is 0. The van der Waals surface area contributed by atoms with Gasteiger partial charge in [-0.15, -0.1) is 0 Å². The molecular formula is C16H29N3O2. The second-order valence-electron chi connectivity index (χ2n) is 5.78. The number of rotatable bonds is 12. The highest BCUT2D eigenvalue weighted by Crippen LogP contribution is 2.13. The van der Waals surface area contributed by atoms with Crippen LogP contribution in [0.2, 0.25) is 0 Å². The van der Waals surface area contributed by atoms with E-state index in [1.165, 1.54) is 57.8 Å². The Labute approximate surface area is 127 Å². The lowest BCUT2D eigenvalue weighted by atomic mass is 10.1. The largest absolute Gasteiger partial charge is 0.381 e. The molecule has 0 N–H and O–H groups in total. The van der Waals surface area contributed by atoms with Gasteiger partial charge in [0.05, 0.1) is 0 Å². The van der Waals surface area contributed by atoms with E-state index in [1.807, 2.05) is 11.5 Å². The summed E-state index contributed by atoms with van der Waals surface area (Å²) in [5.74, 6) is 0.692. The Bertz CT molecular complexity index is 416. The van der Waals surface area contributed by atoms with Gasteiger partial charge in [-0.2, -0.15) is 0 Å². The van der Waals surface area contributed by atoms with Crippen molar-refractivity contribution in [3.8, 4) is 0 Å². The van der Waals surface area contributed by atoms with Gasteiger partial charge in [-0.1, -0.05) is 64.7 Å². The monoisotopic (exact) mass is 295 g/mol. The fourth-order valence-electron chi connectivity index (χ4n) is 2.58. The first-order chi connectivity index (χ1) is 10.1. The van der Waals surface area contributed by atoms with E-state index in [9.17, 15) is 10.1 Å². The molecule has 1 heterocycles. The van der Waals surface area contributed by atoms with Crippen molar-refractivity contribution in [1.82, 2.24) is 9.55 Å². The minimum Gasteiger partial charge on any atom is -0.358 e. The number of imidazole rings is 1. The van der Waals surface area contributed by atoms with Crippen LogP contribution in [0.4, 0.5) is 5.82 Å². The summed E-state index contributed by atoms with van der Waals surface area (Å²) in [5, 5.41) is 10.6. The zero-order chi connectivity index (χ0) is 15.5. The molecule has 0 aliphatic rings. The normalized spacial score (nSPS) is 11.0. The maximum absolute atomic E-state index is 10.6. The van der Waals surface area contributed by atoms with Gasteiger partial charge in [-0.3, -0.25) is 0 Å². The van der Waals surface area contributed by atoms with Crippen LogP contribution in [0, 0.1) is 17.0 Å². The third-order valence-corrected chi connectivity index (χ3v) is 3.90. The summed E-state index contributed by atoms with van der Waals surface area (Å²) in [6.45, 7) is 4.91. The van der Waals surface area contributed by atoms with Gasteiger partial charge in [-0.25, -0.2) is 0 Å². The van der Waals surface area contributed by atoms with Gasteiger partial charge < -0.3 is 14.7 Å². The van der Waals surface area contributed by atoms with E-state index in [4.69, 9.17) is 0 Å². The molecule has 1 aromatic rings. The average Bonchev–Trinajstić information content (AvgIpc) is 2.82. The molecule has 0 atom stereocenters. The molecule has 0 aromatic carbocycles. The smallest absolute Gasteiger partial charge is 0.358 e. The van der Waals surface area contributed by atoms with Crippen molar-refractivity contribution in [1.29, 1.82) is 0 Å². The molecular weight excluding hydrogens is 266 g/mol. The molecule has 0 aliphatic heterocycles. The molecule has 0 radical (unpaired) electrons. The molecule has 1 rings (SSSR count). The Balaban J connectivity index is 2.03. The maximum atomic E-state index is 10.6. The highest BCUT2D eigenvalue weighted by atomic mass is 16.6. The van der Waals surface area contributed by atoms with Crippen molar-refractivity contribution in [3.63, 3.8) is 0 Å². The van der Waals surface area contributed by atoms with Crippen LogP contribution in [0.3, 0.4) is 0 Å². The van der Waals surface area contributed by atoms with Crippen LogP contribution in [0.25, 0.3) is 0 Å². The summed E-state index contributed by atoms with van der Waals surface area (Å²) in [6.07, 6.45) is 14.6. The summed E-state index contributed by atoms with van der Waals surface area (Å²) in [5.41, 5.74) is 0. The van der Waals surface area contributed by atoms with Crippen molar-refractivity contribution in [2.45, 2.75) is 84.6 Å². The van der Waals surface area contributed by atoms with Crippen LogP contribution in [-0.4, -0.2) is 14.5 Å². The van der Waals surface area contributed by atoms with Crippen molar-refractivity contribution >= 4 is 5.82 Å². The van der Waals surface area contributed by atoms with Crippen LogP contribution in [0.5, 0.6) is 0 Å². The molecule has 0 unspecified atom stereocenters. The molecule has 0 saturated heterocycles. The number of aryl methyl sites for hydroxylation is 2. The van der Waals surface area contributed by atoms with E-state index >= 15 is 0 Å². The van der Waals surface area contributed by atoms with Gasteiger partial charge in [0.2, 0.25) is 5.82 Å². The second-order valence-corrected chi connectivity index (χ2v) is 5.78. The van der Waals surface area contributed by atoms with Crippen molar-refractivity contribution in [2.75, 3.05) is 0 Å². The van der Waals surface area contributed by atoms with Gasteiger partial charge >= 0.3 is 5.82 Å². The Morgan fingerprint density at radius 3 is 2.05 bits per heavy atom. The fraction of sp³-hybridized carbons (Fsp3) is 0.812. The molecule has 0 fully saturated rings. The van der Waals surface area contributed by atoms with Crippen LogP contribution in [0.15, 0.2) is 6.20 Å². The van der Waals surface area contributed by atoms with E-state index < -0.39 is 4.92 Å². The lowest BCUT2D eigenvalue weighted by molar-refractivity contribution is -0.389. The first-order valence-electron chi connectivity index (χ1n) is 8.33.